The van der Waals surface area contributed by atoms with E-state index in [1.165, 1.54) is 0 Å². The van der Waals surface area contributed by atoms with Crippen molar-refractivity contribution >= 4 is 23.5 Å². The van der Waals surface area contributed by atoms with Crippen LogP contribution in [0.4, 0.5) is 17.3 Å². The molecule has 1 saturated heterocycles. The minimum absolute atomic E-state index is 0. The van der Waals surface area contributed by atoms with Gasteiger partial charge in [-0.05, 0) is 13.0 Å². The molecule has 7 nitrogen and oxygen atoms in total. The predicted molar refractivity (Wildman–Crippen MR) is 97.5 cm³/mol. The SMILES string of the molecule is C=Cn1ccc(Nc2cc(N3CCOCC3)nc(C)n2)cc1=NC.[HH]. The van der Waals surface area contributed by atoms with E-state index in [1.54, 1.807) is 13.2 Å². The van der Waals surface area contributed by atoms with Crippen LogP contribution in [0.5, 0.6) is 0 Å². The van der Waals surface area contributed by atoms with Crippen molar-refractivity contribution in [2.45, 2.75) is 6.92 Å². The molecule has 1 fully saturated rings. The fourth-order valence-electron chi connectivity index (χ4n) is 2.63. The number of ether oxygens (including phenoxy) is 1. The summed E-state index contributed by atoms with van der Waals surface area (Å²) in [5.74, 6) is 2.42. The molecule has 0 aliphatic carbocycles. The number of aromatic nitrogens is 3. The van der Waals surface area contributed by atoms with Crippen molar-refractivity contribution in [2.24, 2.45) is 4.99 Å². The van der Waals surface area contributed by atoms with Crippen LogP contribution in [0.2, 0.25) is 0 Å². The Hall–Kier alpha value is -2.67. The fourth-order valence-corrected chi connectivity index (χ4v) is 2.63. The summed E-state index contributed by atoms with van der Waals surface area (Å²) in [6.07, 6.45) is 3.63. The average molecular weight is 328 g/mol. The van der Waals surface area contributed by atoms with Crippen LogP contribution in [-0.4, -0.2) is 47.9 Å². The quantitative estimate of drug-likeness (QED) is 0.930. The summed E-state index contributed by atoms with van der Waals surface area (Å²) in [7, 11) is 1.75. The van der Waals surface area contributed by atoms with Crippen molar-refractivity contribution in [3.05, 3.63) is 42.3 Å². The van der Waals surface area contributed by atoms with Gasteiger partial charge in [-0.2, -0.15) is 0 Å². The molecule has 3 heterocycles. The van der Waals surface area contributed by atoms with E-state index in [-0.39, 0.29) is 1.43 Å². The Bertz CT molecular complexity index is 798. The van der Waals surface area contributed by atoms with Gasteiger partial charge >= 0.3 is 0 Å². The lowest BCUT2D eigenvalue weighted by atomic mass is 10.3. The molecule has 0 bridgehead atoms. The number of pyridine rings is 1. The molecular formula is C17H24N6O. The summed E-state index contributed by atoms with van der Waals surface area (Å²) >= 11 is 0. The van der Waals surface area contributed by atoms with Gasteiger partial charge in [0.05, 0.1) is 13.2 Å². The van der Waals surface area contributed by atoms with Crippen LogP contribution in [0.1, 0.15) is 7.25 Å². The minimum Gasteiger partial charge on any atom is -0.378 e. The van der Waals surface area contributed by atoms with E-state index < -0.39 is 0 Å². The van der Waals surface area contributed by atoms with Gasteiger partial charge in [-0.3, -0.25) is 4.99 Å². The average Bonchev–Trinajstić information content (AvgIpc) is 2.62. The molecule has 1 N–H and O–H groups in total. The molecule has 0 atom stereocenters. The number of rotatable bonds is 4. The first-order valence-electron chi connectivity index (χ1n) is 7.92. The van der Waals surface area contributed by atoms with Gasteiger partial charge < -0.3 is 19.5 Å². The Balaban J connectivity index is 0.00000225. The second kappa shape index (κ2) is 7.27. The van der Waals surface area contributed by atoms with E-state index in [1.807, 2.05) is 35.9 Å². The highest BCUT2D eigenvalue weighted by Gasteiger charge is 2.14. The summed E-state index contributed by atoms with van der Waals surface area (Å²) in [6, 6.07) is 5.88. The lowest BCUT2D eigenvalue weighted by molar-refractivity contribution is 0.122. The van der Waals surface area contributed by atoms with Crippen molar-refractivity contribution in [1.82, 2.24) is 14.5 Å². The molecule has 3 rings (SSSR count). The van der Waals surface area contributed by atoms with E-state index in [9.17, 15) is 0 Å². The molecule has 0 unspecified atom stereocenters. The molecule has 7 heteroatoms. The van der Waals surface area contributed by atoms with Gasteiger partial charge in [0.1, 0.15) is 22.9 Å². The standard InChI is InChI=1S/C17H22N6O.H2/c1-4-22-6-5-14(11-16(22)18-3)21-15-12-17(20-13(2)19-15)23-7-9-24-10-8-23;/h4-6,11-12H,1,7-10H2,2-3H3,(H,19,20,21);1H. The van der Waals surface area contributed by atoms with Crippen LogP contribution >= 0.6 is 0 Å². The third kappa shape index (κ3) is 3.62. The zero-order valence-corrected chi connectivity index (χ0v) is 14.1. The summed E-state index contributed by atoms with van der Waals surface area (Å²) < 4.78 is 7.26. The Kier molecular flexibility index (Phi) is 4.90. The Morgan fingerprint density at radius 1 is 1.33 bits per heavy atom. The van der Waals surface area contributed by atoms with Crippen molar-refractivity contribution < 1.29 is 6.16 Å². The maximum atomic E-state index is 5.40. The summed E-state index contributed by atoms with van der Waals surface area (Å²) in [5, 5.41) is 3.33. The van der Waals surface area contributed by atoms with E-state index >= 15 is 0 Å². The zero-order chi connectivity index (χ0) is 16.9. The predicted octanol–water partition coefficient (Wildman–Crippen LogP) is 2.04. The molecule has 0 aromatic carbocycles. The minimum atomic E-state index is 0. The van der Waals surface area contributed by atoms with Gasteiger partial charge in [0.25, 0.3) is 0 Å². The first kappa shape index (κ1) is 16.2. The number of nitrogens with zero attached hydrogens (tertiary/aromatic N) is 5. The number of hydrogen-bond donors (Lipinski definition) is 1. The van der Waals surface area contributed by atoms with E-state index in [4.69, 9.17) is 4.74 Å². The molecule has 1 aliphatic rings. The first-order chi connectivity index (χ1) is 11.7. The highest BCUT2D eigenvalue weighted by molar-refractivity contribution is 5.59. The van der Waals surface area contributed by atoms with Crippen LogP contribution in [0, 0.1) is 6.92 Å². The molecule has 128 valence electrons. The van der Waals surface area contributed by atoms with Gasteiger partial charge in [0, 0.05) is 51.8 Å². The molecule has 0 saturated carbocycles. The summed E-state index contributed by atoms with van der Waals surface area (Å²) in [4.78, 5) is 15.5. The molecule has 24 heavy (non-hydrogen) atoms. The Labute approximate surface area is 142 Å². The van der Waals surface area contributed by atoms with Gasteiger partial charge in [0.15, 0.2) is 0 Å². The number of hydrogen-bond acceptors (Lipinski definition) is 6. The van der Waals surface area contributed by atoms with Gasteiger partial charge in [-0.15, -0.1) is 0 Å². The number of morpholine rings is 1. The second-order valence-corrected chi connectivity index (χ2v) is 5.47. The largest absolute Gasteiger partial charge is 0.378 e. The van der Waals surface area contributed by atoms with Crippen molar-refractivity contribution in [3.8, 4) is 0 Å². The van der Waals surface area contributed by atoms with Crippen molar-refractivity contribution in [2.75, 3.05) is 43.6 Å². The molecule has 0 amide bonds. The lowest BCUT2D eigenvalue weighted by Gasteiger charge is -2.28. The smallest absolute Gasteiger partial charge is 0.136 e. The molecule has 2 aromatic heterocycles. The van der Waals surface area contributed by atoms with Crippen LogP contribution in [0.3, 0.4) is 0 Å². The highest BCUT2D eigenvalue weighted by Crippen LogP contribution is 2.20. The van der Waals surface area contributed by atoms with Gasteiger partial charge in [0.2, 0.25) is 0 Å². The topological polar surface area (TPSA) is 67.6 Å². The number of nitrogens with one attached hydrogen (secondary N) is 1. The van der Waals surface area contributed by atoms with Crippen LogP contribution in [0.25, 0.3) is 6.20 Å². The molecule has 0 spiro atoms. The fraction of sp³-hybridized carbons (Fsp3) is 0.353. The monoisotopic (exact) mass is 328 g/mol. The maximum absolute atomic E-state index is 5.40. The Morgan fingerprint density at radius 2 is 2.12 bits per heavy atom. The van der Waals surface area contributed by atoms with Crippen molar-refractivity contribution in [1.29, 1.82) is 0 Å². The van der Waals surface area contributed by atoms with Crippen LogP contribution in [0.15, 0.2) is 36.0 Å². The number of aryl methyl sites for hydroxylation is 1. The highest BCUT2D eigenvalue weighted by atomic mass is 16.5. The van der Waals surface area contributed by atoms with Gasteiger partial charge in [-0.25, -0.2) is 9.97 Å². The van der Waals surface area contributed by atoms with Crippen molar-refractivity contribution in [3.63, 3.8) is 0 Å². The summed E-state index contributed by atoms with van der Waals surface area (Å²) in [6.45, 7) is 8.83. The molecular weight excluding hydrogens is 304 g/mol. The molecule has 0 radical (unpaired) electrons. The zero-order valence-electron chi connectivity index (χ0n) is 14.1. The maximum Gasteiger partial charge on any atom is 0.136 e. The van der Waals surface area contributed by atoms with E-state index in [0.29, 0.717) is 0 Å². The second-order valence-electron chi connectivity index (χ2n) is 5.47. The number of anilines is 3. The Morgan fingerprint density at radius 3 is 2.83 bits per heavy atom. The van der Waals surface area contributed by atoms with E-state index in [0.717, 1.165) is 54.9 Å². The third-order valence-corrected chi connectivity index (χ3v) is 3.82. The van der Waals surface area contributed by atoms with E-state index in [2.05, 4.69) is 31.8 Å². The normalized spacial score (nSPS) is 15.4. The van der Waals surface area contributed by atoms with Gasteiger partial charge in [-0.1, -0.05) is 6.58 Å². The first-order valence-corrected chi connectivity index (χ1v) is 7.92. The van der Waals surface area contributed by atoms with Crippen LogP contribution in [-0.2, 0) is 4.74 Å². The molecule has 2 aromatic rings. The molecule has 1 aliphatic heterocycles. The summed E-state index contributed by atoms with van der Waals surface area (Å²) in [5.41, 5.74) is 1.73. The lowest BCUT2D eigenvalue weighted by Crippen LogP contribution is -2.36. The third-order valence-electron chi connectivity index (χ3n) is 3.82. The van der Waals surface area contributed by atoms with Crippen LogP contribution < -0.4 is 15.7 Å².